The minimum Gasteiger partial charge on any atom is -0.436 e. The van der Waals surface area contributed by atoms with Gasteiger partial charge in [0.15, 0.2) is 6.61 Å². The third-order valence-electron chi connectivity index (χ3n) is 5.53. The smallest absolute Gasteiger partial charge is 0.408 e. The number of carbonyl (C=O) groups excluding carboxylic acids is 1. The summed E-state index contributed by atoms with van der Waals surface area (Å²) < 4.78 is 5.10. The van der Waals surface area contributed by atoms with Crippen LogP contribution in [-0.2, 0) is 4.74 Å². The van der Waals surface area contributed by atoms with E-state index < -0.39 is 6.09 Å². The van der Waals surface area contributed by atoms with Crippen LogP contribution in [0.25, 0.3) is 21.1 Å². The molecule has 1 atom stereocenters. The summed E-state index contributed by atoms with van der Waals surface area (Å²) in [6.07, 6.45) is 7.38. The lowest BCUT2D eigenvalue weighted by Crippen LogP contribution is -2.30. The van der Waals surface area contributed by atoms with Crippen molar-refractivity contribution in [3.05, 3.63) is 36.3 Å². The number of nitrogens with one attached hydrogen (secondary N) is 2. The largest absolute Gasteiger partial charge is 0.436 e. The second-order valence-electron chi connectivity index (χ2n) is 7.78. The molecule has 1 saturated heterocycles. The van der Waals surface area contributed by atoms with E-state index >= 15 is 0 Å². The Morgan fingerprint density at radius 2 is 2.21 bits per heavy atom. The minimum atomic E-state index is -0.494. The maximum Gasteiger partial charge on any atom is 0.408 e. The van der Waals surface area contributed by atoms with Crippen LogP contribution in [0.3, 0.4) is 0 Å². The number of hydrogen-bond acceptors (Lipinski definition) is 7. The number of thiazole rings is 1. The van der Waals surface area contributed by atoms with Crippen LogP contribution in [0.5, 0.6) is 0 Å². The Balaban J connectivity index is 1.61. The van der Waals surface area contributed by atoms with Gasteiger partial charge in [0.2, 0.25) is 0 Å². The van der Waals surface area contributed by atoms with E-state index in [0.717, 1.165) is 58.6 Å². The summed E-state index contributed by atoms with van der Waals surface area (Å²) in [6.45, 7) is 5.77. The number of anilines is 1. The molecule has 9 heteroatoms. The lowest BCUT2D eigenvalue weighted by atomic mass is 10.1. The predicted octanol–water partition coefficient (Wildman–Crippen LogP) is 4.79. The number of amides is 1. The standard InChI is InChI=1S/C24H28N6O2S/c1-3-5-14-32-24(31)26-18(4-2)19-15-20(29-28-19)21-22(30-12-7-6-8-13-30)27-23(33-21)17-10-9-11-25-16-17/h9-11,15-16,18H,4,6-8,12-14H2,1-2H3,(H,26,31)(H,28,29). The van der Waals surface area contributed by atoms with E-state index in [-0.39, 0.29) is 12.6 Å². The zero-order valence-electron chi connectivity index (χ0n) is 18.9. The predicted molar refractivity (Wildman–Crippen MR) is 130 cm³/mol. The molecule has 0 aromatic carbocycles. The Labute approximate surface area is 197 Å². The molecule has 0 saturated carbocycles. The van der Waals surface area contributed by atoms with E-state index in [4.69, 9.17) is 9.72 Å². The molecule has 4 rings (SSSR count). The molecular formula is C24H28N6O2S. The number of carbonyl (C=O) groups is 1. The second-order valence-corrected chi connectivity index (χ2v) is 8.78. The fourth-order valence-electron chi connectivity index (χ4n) is 3.80. The maximum absolute atomic E-state index is 12.1. The third kappa shape index (κ3) is 5.52. The van der Waals surface area contributed by atoms with Crippen molar-refractivity contribution in [1.29, 1.82) is 0 Å². The number of pyridine rings is 1. The molecule has 33 heavy (non-hydrogen) atoms. The van der Waals surface area contributed by atoms with Crippen molar-refractivity contribution >= 4 is 23.2 Å². The zero-order valence-corrected chi connectivity index (χ0v) is 19.7. The van der Waals surface area contributed by atoms with Crippen molar-refractivity contribution in [2.45, 2.75) is 45.6 Å². The molecule has 1 fully saturated rings. The highest BCUT2D eigenvalue weighted by molar-refractivity contribution is 7.19. The third-order valence-corrected chi connectivity index (χ3v) is 6.65. The average molecular weight is 465 g/mol. The molecule has 8 nitrogen and oxygen atoms in total. The topological polar surface area (TPSA) is 96.0 Å². The lowest BCUT2D eigenvalue weighted by molar-refractivity contribution is 0.155. The van der Waals surface area contributed by atoms with Gasteiger partial charge in [-0.1, -0.05) is 12.8 Å². The lowest BCUT2D eigenvalue weighted by Gasteiger charge is -2.27. The van der Waals surface area contributed by atoms with Gasteiger partial charge in [0.05, 0.1) is 16.6 Å². The molecule has 1 aliphatic rings. The van der Waals surface area contributed by atoms with Gasteiger partial charge in [-0.3, -0.25) is 10.1 Å². The number of hydrogen-bond donors (Lipinski definition) is 2. The number of H-pyrrole nitrogens is 1. The van der Waals surface area contributed by atoms with E-state index in [1.54, 1.807) is 24.5 Å². The van der Waals surface area contributed by atoms with Crippen LogP contribution < -0.4 is 10.2 Å². The maximum atomic E-state index is 12.1. The van der Waals surface area contributed by atoms with E-state index in [1.807, 2.05) is 31.3 Å². The van der Waals surface area contributed by atoms with Crippen LogP contribution in [0.4, 0.5) is 10.6 Å². The molecule has 0 bridgehead atoms. The van der Waals surface area contributed by atoms with E-state index in [2.05, 4.69) is 37.2 Å². The molecule has 3 aromatic heterocycles. The molecule has 172 valence electrons. The first-order valence-corrected chi connectivity index (χ1v) is 12.1. The number of rotatable bonds is 7. The summed E-state index contributed by atoms with van der Waals surface area (Å²) in [5.74, 6) is 6.39. The van der Waals surface area contributed by atoms with Gasteiger partial charge in [-0.15, -0.1) is 17.3 Å². The van der Waals surface area contributed by atoms with Crippen molar-refractivity contribution in [2.24, 2.45) is 0 Å². The van der Waals surface area contributed by atoms with Crippen LogP contribution in [0.15, 0.2) is 30.6 Å². The van der Waals surface area contributed by atoms with Crippen molar-refractivity contribution < 1.29 is 9.53 Å². The Kier molecular flexibility index (Phi) is 7.58. The quantitative estimate of drug-likeness (QED) is 0.488. The first-order valence-electron chi connectivity index (χ1n) is 11.2. The van der Waals surface area contributed by atoms with Crippen molar-refractivity contribution in [2.75, 3.05) is 24.6 Å². The van der Waals surface area contributed by atoms with E-state index in [1.165, 1.54) is 6.42 Å². The molecule has 0 spiro atoms. The van der Waals surface area contributed by atoms with Gasteiger partial charge in [-0.05, 0) is 50.8 Å². The molecule has 2 N–H and O–H groups in total. The van der Waals surface area contributed by atoms with Gasteiger partial charge in [0, 0.05) is 31.0 Å². The Morgan fingerprint density at radius 1 is 1.36 bits per heavy atom. The molecule has 4 heterocycles. The minimum absolute atomic E-state index is 0.0736. The highest BCUT2D eigenvalue weighted by Crippen LogP contribution is 2.40. The highest BCUT2D eigenvalue weighted by Gasteiger charge is 2.24. The summed E-state index contributed by atoms with van der Waals surface area (Å²) in [5.41, 5.74) is 2.64. The Bertz CT molecular complexity index is 1120. The van der Waals surface area contributed by atoms with Crippen LogP contribution in [0, 0.1) is 11.8 Å². The van der Waals surface area contributed by atoms with Gasteiger partial charge < -0.3 is 15.0 Å². The number of aromatic nitrogens is 4. The molecule has 3 aromatic rings. The average Bonchev–Trinajstić information content (AvgIpc) is 3.51. The Morgan fingerprint density at radius 3 is 2.94 bits per heavy atom. The van der Waals surface area contributed by atoms with Gasteiger partial charge >= 0.3 is 6.09 Å². The highest BCUT2D eigenvalue weighted by atomic mass is 32.1. The van der Waals surface area contributed by atoms with Gasteiger partial charge in [-0.25, -0.2) is 9.78 Å². The van der Waals surface area contributed by atoms with Gasteiger partial charge in [0.25, 0.3) is 0 Å². The van der Waals surface area contributed by atoms with Gasteiger partial charge in [-0.2, -0.15) is 5.10 Å². The SMILES string of the molecule is CC#CCOC(=O)NC(CC)c1cc(-c2sc(-c3cccnc3)nc2N2CCCCC2)n[nH]1. The normalized spacial score (nSPS) is 14.3. The number of ether oxygens (including phenoxy) is 1. The monoisotopic (exact) mass is 464 g/mol. The summed E-state index contributed by atoms with van der Waals surface area (Å²) in [5, 5.41) is 11.5. The van der Waals surface area contributed by atoms with Crippen LogP contribution in [0.2, 0.25) is 0 Å². The van der Waals surface area contributed by atoms with Crippen LogP contribution >= 0.6 is 11.3 Å². The Hall–Kier alpha value is -3.38. The summed E-state index contributed by atoms with van der Waals surface area (Å²) >= 11 is 1.62. The fraction of sp³-hybridized carbons (Fsp3) is 0.417. The second kappa shape index (κ2) is 11.0. The molecule has 0 radical (unpaired) electrons. The number of piperidine rings is 1. The number of nitrogens with zero attached hydrogens (tertiary/aromatic N) is 4. The molecule has 0 aliphatic carbocycles. The summed E-state index contributed by atoms with van der Waals surface area (Å²) in [7, 11) is 0. The van der Waals surface area contributed by atoms with Gasteiger partial charge in [0.1, 0.15) is 16.5 Å². The summed E-state index contributed by atoms with van der Waals surface area (Å²) in [6, 6.07) is 5.70. The summed E-state index contributed by atoms with van der Waals surface area (Å²) in [4.78, 5) is 24.7. The first-order chi connectivity index (χ1) is 16.2. The van der Waals surface area contributed by atoms with E-state index in [0.29, 0.717) is 6.42 Å². The number of alkyl carbamates (subject to hydrolysis) is 1. The zero-order chi connectivity index (χ0) is 23.0. The molecule has 1 aliphatic heterocycles. The molecule has 1 amide bonds. The molecule has 1 unspecified atom stereocenters. The fourth-order valence-corrected chi connectivity index (χ4v) is 4.84. The van der Waals surface area contributed by atoms with Crippen molar-refractivity contribution in [3.8, 4) is 33.0 Å². The first kappa shape index (κ1) is 22.8. The van der Waals surface area contributed by atoms with Crippen molar-refractivity contribution in [3.63, 3.8) is 0 Å². The van der Waals surface area contributed by atoms with Crippen LogP contribution in [0.1, 0.15) is 51.3 Å². The van der Waals surface area contributed by atoms with Crippen LogP contribution in [-0.4, -0.2) is 46.0 Å². The van der Waals surface area contributed by atoms with E-state index in [9.17, 15) is 4.79 Å². The molecular weight excluding hydrogens is 436 g/mol. The van der Waals surface area contributed by atoms with Crippen molar-refractivity contribution in [1.82, 2.24) is 25.5 Å². The number of aromatic amines is 1.